The Morgan fingerprint density at radius 2 is 1.76 bits per heavy atom. The van der Waals surface area contributed by atoms with Gasteiger partial charge in [0.05, 0.1) is 11.8 Å². The molecule has 2 aromatic rings. The fraction of sp³-hybridized carbons (Fsp3) is 0.400. The number of benzene rings is 2. The number of carbonyl (C=O) groups is 3. The van der Waals surface area contributed by atoms with E-state index in [-0.39, 0.29) is 29.9 Å². The van der Waals surface area contributed by atoms with E-state index in [1.165, 1.54) is 35.2 Å². The lowest BCUT2D eigenvalue weighted by Crippen LogP contribution is -2.54. The van der Waals surface area contributed by atoms with Crippen molar-refractivity contribution in [1.82, 2.24) is 10.2 Å². The van der Waals surface area contributed by atoms with E-state index in [2.05, 4.69) is 10.6 Å². The molecule has 1 saturated carbocycles. The molecule has 4 N–H and O–H groups in total. The molecule has 0 aromatic heterocycles. The first-order valence-electron chi connectivity index (χ1n) is 11.6. The van der Waals surface area contributed by atoms with Gasteiger partial charge in [-0.1, -0.05) is 18.9 Å². The van der Waals surface area contributed by atoms with E-state index in [9.17, 15) is 29.0 Å². The Hall–Kier alpha value is -3.46. The Bertz CT molecular complexity index is 1240. The van der Waals surface area contributed by atoms with E-state index in [0.29, 0.717) is 16.8 Å². The minimum Gasteiger partial charge on any atom is -0.504 e. The highest BCUT2D eigenvalue weighted by atomic mass is 19.1. The summed E-state index contributed by atoms with van der Waals surface area (Å²) in [6.45, 7) is 0. The maximum absolute atomic E-state index is 14.3. The third kappa shape index (κ3) is 2.76. The molecule has 0 unspecified atom stereocenters. The molecule has 3 fully saturated rings. The first-order valence-corrected chi connectivity index (χ1v) is 11.6. The lowest BCUT2D eigenvalue weighted by Gasteiger charge is -2.31. The molecule has 3 aliphatic heterocycles. The van der Waals surface area contributed by atoms with Gasteiger partial charge < -0.3 is 15.5 Å². The lowest BCUT2D eigenvalue weighted by molar-refractivity contribution is -0.145. The first-order chi connectivity index (χ1) is 16.3. The van der Waals surface area contributed by atoms with Gasteiger partial charge in [0.25, 0.3) is 0 Å². The SMILES string of the molecule is O=C1[C@@H]2[C@H](Cc3ccc(O)c(O)c3)N[C@@]3(C(=O)Nc4ccc(F)cc43)[C@@H]2C(=O)N1C1CCCC1. The highest BCUT2D eigenvalue weighted by Gasteiger charge is 2.71. The van der Waals surface area contributed by atoms with Crippen LogP contribution in [0.2, 0.25) is 0 Å². The van der Waals surface area contributed by atoms with E-state index in [1.54, 1.807) is 6.07 Å². The van der Waals surface area contributed by atoms with Crippen molar-refractivity contribution in [3.05, 3.63) is 53.3 Å². The molecule has 4 aliphatic rings. The van der Waals surface area contributed by atoms with Gasteiger partial charge in [0, 0.05) is 23.3 Å². The molecular formula is C25H24FN3O5. The highest BCUT2D eigenvalue weighted by Crippen LogP contribution is 2.54. The Morgan fingerprint density at radius 3 is 2.50 bits per heavy atom. The number of hydrogen-bond acceptors (Lipinski definition) is 6. The van der Waals surface area contributed by atoms with Crippen LogP contribution in [0, 0.1) is 17.7 Å². The van der Waals surface area contributed by atoms with Crippen molar-refractivity contribution in [2.75, 3.05) is 5.32 Å². The molecule has 4 atom stereocenters. The maximum Gasteiger partial charge on any atom is 0.250 e. The number of likely N-dealkylation sites (tertiary alicyclic amines) is 1. The van der Waals surface area contributed by atoms with E-state index < -0.39 is 41.0 Å². The number of phenolic OH excluding ortho intramolecular Hbond substituents is 2. The number of hydrogen-bond donors (Lipinski definition) is 4. The fourth-order valence-corrected chi connectivity index (χ4v) is 6.44. The van der Waals surface area contributed by atoms with Crippen LogP contribution in [0.4, 0.5) is 10.1 Å². The summed E-state index contributed by atoms with van der Waals surface area (Å²) in [4.78, 5) is 42.3. The highest BCUT2D eigenvalue weighted by molar-refractivity contribution is 6.15. The number of carbonyl (C=O) groups excluding carboxylic acids is 3. The average molecular weight is 465 g/mol. The Balaban J connectivity index is 1.47. The number of rotatable bonds is 3. The van der Waals surface area contributed by atoms with Gasteiger partial charge in [-0.25, -0.2) is 4.39 Å². The topological polar surface area (TPSA) is 119 Å². The van der Waals surface area contributed by atoms with Crippen LogP contribution >= 0.6 is 0 Å². The molecule has 3 heterocycles. The van der Waals surface area contributed by atoms with Crippen molar-refractivity contribution in [1.29, 1.82) is 0 Å². The van der Waals surface area contributed by atoms with Crippen LogP contribution in [0.5, 0.6) is 11.5 Å². The molecule has 6 rings (SSSR count). The molecule has 34 heavy (non-hydrogen) atoms. The van der Waals surface area contributed by atoms with Crippen molar-refractivity contribution in [2.45, 2.75) is 49.7 Å². The van der Waals surface area contributed by atoms with E-state index in [1.807, 2.05) is 0 Å². The lowest BCUT2D eigenvalue weighted by atomic mass is 9.76. The normalized spacial score (nSPS) is 30.3. The summed E-state index contributed by atoms with van der Waals surface area (Å²) < 4.78 is 14.3. The minimum atomic E-state index is -1.56. The Morgan fingerprint density at radius 1 is 1.00 bits per heavy atom. The van der Waals surface area contributed by atoms with Crippen molar-refractivity contribution >= 4 is 23.4 Å². The summed E-state index contributed by atoms with van der Waals surface area (Å²) in [5, 5.41) is 25.6. The van der Waals surface area contributed by atoms with Gasteiger partial charge in [0.15, 0.2) is 11.5 Å². The number of nitrogens with one attached hydrogen (secondary N) is 2. The Kier molecular flexibility index (Phi) is 4.51. The van der Waals surface area contributed by atoms with Gasteiger partial charge in [-0.05, 0) is 55.2 Å². The number of anilines is 1. The van der Waals surface area contributed by atoms with Crippen molar-refractivity contribution < 1.29 is 29.0 Å². The van der Waals surface area contributed by atoms with Crippen LogP contribution in [0.3, 0.4) is 0 Å². The molecule has 2 aromatic carbocycles. The van der Waals surface area contributed by atoms with Crippen LogP contribution in [0.25, 0.3) is 0 Å². The first kappa shape index (κ1) is 21.1. The Labute approximate surface area is 194 Å². The molecule has 3 amide bonds. The average Bonchev–Trinajstić information content (AvgIpc) is 3.54. The molecule has 1 aliphatic carbocycles. The summed E-state index contributed by atoms with van der Waals surface area (Å²) in [7, 11) is 0. The summed E-state index contributed by atoms with van der Waals surface area (Å²) in [6.07, 6.45) is 3.58. The van der Waals surface area contributed by atoms with Crippen molar-refractivity contribution in [2.24, 2.45) is 11.8 Å². The van der Waals surface area contributed by atoms with Gasteiger partial charge in [-0.2, -0.15) is 0 Å². The van der Waals surface area contributed by atoms with Gasteiger partial charge in [0.1, 0.15) is 11.4 Å². The zero-order chi connectivity index (χ0) is 23.8. The van der Waals surface area contributed by atoms with Gasteiger partial charge in [-0.15, -0.1) is 0 Å². The predicted octanol–water partition coefficient (Wildman–Crippen LogP) is 2.14. The zero-order valence-electron chi connectivity index (χ0n) is 18.3. The molecular weight excluding hydrogens is 441 g/mol. The van der Waals surface area contributed by atoms with E-state index in [0.717, 1.165) is 25.7 Å². The largest absolute Gasteiger partial charge is 0.504 e. The number of halogens is 1. The monoisotopic (exact) mass is 465 g/mol. The predicted molar refractivity (Wildman–Crippen MR) is 118 cm³/mol. The smallest absolute Gasteiger partial charge is 0.250 e. The van der Waals surface area contributed by atoms with Crippen LogP contribution in [0.1, 0.15) is 36.8 Å². The number of imide groups is 1. The summed E-state index contributed by atoms with van der Waals surface area (Å²) >= 11 is 0. The maximum atomic E-state index is 14.3. The molecule has 0 bridgehead atoms. The molecule has 9 heteroatoms. The molecule has 1 spiro atoms. The number of phenols is 2. The fourth-order valence-electron chi connectivity index (χ4n) is 6.44. The number of amides is 3. The second-order valence-electron chi connectivity index (χ2n) is 9.72. The van der Waals surface area contributed by atoms with Crippen LogP contribution in [0.15, 0.2) is 36.4 Å². The number of fused-ring (bicyclic) bond motifs is 4. The third-order valence-corrected chi connectivity index (χ3v) is 7.90. The molecule has 0 radical (unpaired) electrons. The van der Waals surface area contributed by atoms with Gasteiger partial charge in [-0.3, -0.25) is 24.6 Å². The van der Waals surface area contributed by atoms with E-state index in [4.69, 9.17) is 0 Å². The summed E-state index contributed by atoms with van der Waals surface area (Å²) in [5.41, 5.74) is -0.189. The van der Waals surface area contributed by atoms with Crippen molar-refractivity contribution in [3.8, 4) is 11.5 Å². The zero-order valence-corrected chi connectivity index (χ0v) is 18.3. The van der Waals surface area contributed by atoms with Gasteiger partial charge in [0.2, 0.25) is 17.7 Å². The molecule has 2 saturated heterocycles. The number of nitrogens with zero attached hydrogens (tertiary/aromatic N) is 1. The van der Waals surface area contributed by atoms with Crippen LogP contribution in [-0.4, -0.2) is 44.9 Å². The van der Waals surface area contributed by atoms with Gasteiger partial charge >= 0.3 is 0 Å². The summed E-state index contributed by atoms with van der Waals surface area (Å²) in [5.74, 6) is -4.10. The third-order valence-electron chi connectivity index (χ3n) is 7.90. The molecule has 176 valence electrons. The summed E-state index contributed by atoms with van der Waals surface area (Å²) in [6, 6.07) is 7.54. The minimum absolute atomic E-state index is 0.183. The van der Waals surface area contributed by atoms with Crippen LogP contribution < -0.4 is 10.6 Å². The van der Waals surface area contributed by atoms with Crippen molar-refractivity contribution in [3.63, 3.8) is 0 Å². The second kappa shape index (κ2) is 7.27. The quantitative estimate of drug-likeness (QED) is 0.408. The van der Waals surface area contributed by atoms with E-state index >= 15 is 0 Å². The number of aromatic hydroxyl groups is 2. The van der Waals surface area contributed by atoms with Crippen LogP contribution in [-0.2, 0) is 26.3 Å². The second-order valence-corrected chi connectivity index (χ2v) is 9.72. The molecule has 8 nitrogen and oxygen atoms in total. The standard InChI is InChI=1S/C25H24FN3O5/c26-13-6-7-16-15(11-13)25(24(34)27-16)21-20(22(32)29(23(21)33)14-3-1-2-4-14)17(28-25)9-12-5-8-18(30)19(31)10-12/h5-8,10-11,14,17,20-21,28,30-31H,1-4,9H2,(H,27,34)/t17-,20+,21-,25+/m0/s1.